The molecule has 0 amide bonds. The van der Waals surface area contributed by atoms with Crippen molar-refractivity contribution < 1.29 is 19.2 Å². The summed E-state index contributed by atoms with van der Waals surface area (Å²) in [6, 6.07) is 5.49. The number of nitro groups is 1. The van der Waals surface area contributed by atoms with Crippen molar-refractivity contribution in [2.24, 2.45) is 0 Å². The van der Waals surface area contributed by atoms with Crippen LogP contribution in [-0.2, 0) is 0 Å². The molecule has 1 aromatic heterocycles. The fourth-order valence-electron chi connectivity index (χ4n) is 1.53. The number of aryl methyl sites for hydroxylation is 1. The summed E-state index contributed by atoms with van der Waals surface area (Å²) in [5.74, 6) is -0.271. The molecule has 0 unspecified atom stereocenters. The van der Waals surface area contributed by atoms with Crippen molar-refractivity contribution in [2.45, 2.75) is 20.0 Å². The van der Waals surface area contributed by atoms with Gasteiger partial charge in [-0.15, -0.1) is 0 Å². The Morgan fingerprint density at radius 2 is 2.15 bits per heavy atom. The monoisotopic (exact) mass is 297 g/mol. The van der Waals surface area contributed by atoms with E-state index in [1.807, 2.05) is 0 Å². The highest BCUT2D eigenvalue weighted by Crippen LogP contribution is 2.42. The molecule has 0 aliphatic rings. The van der Waals surface area contributed by atoms with Crippen LogP contribution in [0, 0.1) is 22.9 Å². The zero-order chi connectivity index (χ0) is 14.9. The highest BCUT2D eigenvalue weighted by Gasteiger charge is 2.23. The minimum Gasteiger partial charge on any atom is -0.440 e. The first-order chi connectivity index (χ1) is 9.38. The molecule has 0 saturated heterocycles. The van der Waals surface area contributed by atoms with Crippen LogP contribution in [0.5, 0.6) is 10.8 Å². The highest BCUT2D eigenvalue weighted by molar-refractivity contribution is 7.14. The van der Waals surface area contributed by atoms with E-state index in [0.29, 0.717) is 10.4 Å². The Bertz CT molecular complexity index is 654. The van der Waals surface area contributed by atoms with Crippen LogP contribution in [0.2, 0.25) is 0 Å². The van der Waals surface area contributed by atoms with E-state index in [1.165, 1.54) is 31.2 Å². The summed E-state index contributed by atoms with van der Waals surface area (Å²) in [5, 5.41) is 20.4. The first kappa shape index (κ1) is 14.4. The summed E-state index contributed by atoms with van der Waals surface area (Å²) in [6.07, 6.45) is -0.828. The molecule has 1 N–H and O–H groups in total. The summed E-state index contributed by atoms with van der Waals surface area (Å²) in [6.45, 7) is 3.11. The largest absolute Gasteiger partial charge is 0.440 e. The number of ether oxygens (including phenoxy) is 1. The van der Waals surface area contributed by atoms with E-state index in [2.05, 4.69) is 0 Å². The molecule has 0 saturated carbocycles. The number of hydrogen-bond donors (Lipinski definition) is 1. The molecule has 1 heterocycles. The number of benzene rings is 1. The molecule has 106 valence electrons. The van der Waals surface area contributed by atoms with Gasteiger partial charge in [0.1, 0.15) is 11.6 Å². The van der Waals surface area contributed by atoms with Crippen LogP contribution in [0.4, 0.5) is 10.1 Å². The van der Waals surface area contributed by atoms with Crippen LogP contribution in [0.25, 0.3) is 0 Å². The molecule has 2 aromatic rings. The summed E-state index contributed by atoms with van der Waals surface area (Å²) in [7, 11) is 0. The maximum absolute atomic E-state index is 13.4. The van der Waals surface area contributed by atoms with Crippen LogP contribution in [0.1, 0.15) is 23.5 Å². The number of nitrogens with zero attached hydrogens (tertiary/aromatic N) is 1. The maximum Gasteiger partial charge on any atom is 0.323 e. The van der Waals surface area contributed by atoms with Crippen LogP contribution >= 0.6 is 11.3 Å². The van der Waals surface area contributed by atoms with Gasteiger partial charge in [0.2, 0.25) is 0 Å². The van der Waals surface area contributed by atoms with Crippen LogP contribution in [0.15, 0.2) is 24.3 Å². The lowest BCUT2D eigenvalue weighted by atomic mass is 10.2. The number of halogens is 1. The second-order valence-corrected chi connectivity index (χ2v) is 5.31. The Kier molecular flexibility index (Phi) is 4.01. The first-order valence-electron chi connectivity index (χ1n) is 5.78. The third kappa shape index (κ3) is 2.94. The Morgan fingerprint density at radius 3 is 2.70 bits per heavy atom. The fraction of sp³-hybridized carbons (Fsp3) is 0.231. The third-order valence-electron chi connectivity index (χ3n) is 2.66. The van der Waals surface area contributed by atoms with E-state index in [1.54, 1.807) is 6.92 Å². The third-order valence-corrected chi connectivity index (χ3v) is 3.83. The van der Waals surface area contributed by atoms with Gasteiger partial charge in [0.05, 0.1) is 11.0 Å². The number of rotatable bonds is 4. The van der Waals surface area contributed by atoms with Crippen molar-refractivity contribution >= 4 is 17.0 Å². The van der Waals surface area contributed by atoms with Gasteiger partial charge in [-0.2, -0.15) is 0 Å². The molecular formula is C13H12FNO4S. The van der Waals surface area contributed by atoms with Gasteiger partial charge in [0.15, 0.2) is 0 Å². The Labute approximate surface area is 118 Å². The first-order valence-corrected chi connectivity index (χ1v) is 6.60. The molecule has 0 radical (unpaired) electrons. The van der Waals surface area contributed by atoms with Gasteiger partial charge in [0.25, 0.3) is 5.06 Å². The molecule has 2 rings (SSSR count). The minimum absolute atomic E-state index is 0.0224. The van der Waals surface area contributed by atoms with Crippen molar-refractivity contribution in [3.63, 3.8) is 0 Å². The summed E-state index contributed by atoms with van der Waals surface area (Å²) >= 11 is 0.964. The van der Waals surface area contributed by atoms with E-state index in [9.17, 15) is 19.6 Å². The molecule has 0 aliphatic heterocycles. The Hall–Kier alpha value is -1.99. The molecule has 0 aliphatic carbocycles. The Morgan fingerprint density at radius 1 is 1.45 bits per heavy atom. The van der Waals surface area contributed by atoms with Crippen molar-refractivity contribution in [2.75, 3.05) is 0 Å². The van der Waals surface area contributed by atoms with Gasteiger partial charge in [-0.3, -0.25) is 10.1 Å². The van der Waals surface area contributed by atoms with E-state index in [0.717, 1.165) is 11.3 Å². The van der Waals surface area contributed by atoms with Crippen LogP contribution in [0.3, 0.4) is 0 Å². The summed E-state index contributed by atoms with van der Waals surface area (Å²) in [4.78, 5) is 10.8. The molecular weight excluding hydrogens is 285 g/mol. The number of thiophene rings is 1. The van der Waals surface area contributed by atoms with E-state index in [4.69, 9.17) is 4.74 Å². The van der Waals surface area contributed by atoms with Crippen LogP contribution in [-0.4, -0.2) is 10.0 Å². The summed E-state index contributed by atoms with van der Waals surface area (Å²) < 4.78 is 18.8. The standard InChI is InChI=1S/C13H12FNO4S/c1-7-3-4-9(5-10(7)14)19-13-11(15(17)18)6-12(20-13)8(2)16/h3-6,8,16H,1-2H3/t8-/m0/s1. The second-order valence-electron chi connectivity index (χ2n) is 4.27. The smallest absolute Gasteiger partial charge is 0.323 e. The van der Waals surface area contributed by atoms with Crippen molar-refractivity contribution in [3.8, 4) is 10.8 Å². The average Bonchev–Trinajstić information content (AvgIpc) is 2.78. The molecule has 0 spiro atoms. The van der Waals surface area contributed by atoms with Gasteiger partial charge in [-0.05, 0) is 25.5 Å². The zero-order valence-electron chi connectivity index (χ0n) is 10.8. The quantitative estimate of drug-likeness (QED) is 0.685. The molecule has 1 atom stereocenters. The molecule has 0 bridgehead atoms. The second kappa shape index (κ2) is 5.56. The van der Waals surface area contributed by atoms with Gasteiger partial charge in [-0.25, -0.2) is 4.39 Å². The van der Waals surface area contributed by atoms with E-state index in [-0.39, 0.29) is 16.5 Å². The Balaban J connectivity index is 2.36. The van der Waals surface area contributed by atoms with E-state index >= 15 is 0 Å². The van der Waals surface area contributed by atoms with Gasteiger partial charge in [-0.1, -0.05) is 17.4 Å². The SMILES string of the molecule is Cc1ccc(Oc2sc([C@H](C)O)cc2[N+](=O)[O-])cc1F. The van der Waals surface area contributed by atoms with Crippen molar-refractivity contribution in [1.29, 1.82) is 0 Å². The topological polar surface area (TPSA) is 72.6 Å². The number of hydrogen-bond acceptors (Lipinski definition) is 5. The predicted octanol–water partition coefficient (Wildman–Crippen LogP) is 3.95. The molecule has 0 fully saturated rings. The van der Waals surface area contributed by atoms with Gasteiger partial charge in [0, 0.05) is 17.0 Å². The predicted molar refractivity (Wildman–Crippen MR) is 72.8 cm³/mol. The zero-order valence-corrected chi connectivity index (χ0v) is 11.6. The number of aliphatic hydroxyl groups excluding tert-OH is 1. The highest BCUT2D eigenvalue weighted by atomic mass is 32.1. The summed E-state index contributed by atoms with van der Waals surface area (Å²) in [5.41, 5.74) is 0.217. The average molecular weight is 297 g/mol. The lowest BCUT2D eigenvalue weighted by Crippen LogP contribution is -1.90. The van der Waals surface area contributed by atoms with E-state index < -0.39 is 16.8 Å². The molecule has 1 aromatic carbocycles. The molecule has 7 heteroatoms. The van der Waals surface area contributed by atoms with Gasteiger partial charge >= 0.3 is 5.69 Å². The normalized spacial score (nSPS) is 12.2. The van der Waals surface area contributed by atoms with Gasteiger partial charge < -0.3 is 9.84 Å². The number of aliphatic hydroxyl groups is 1. The lowest BCUT2D eigenvalue weighted by molar-refractivity contribution is -0.385. The van der Waals surface area contributed by atoms with Crippen molar-refractivity contribution in [1.82, 2.24) is 0 Å². The maximum atomic E-state index is 13.4. The fourth-order valence-corrected chi connectivity index (χ4v) is 2.46. The van der Waals surface area contributed by atoms with Crippen LogP contribution < -0.4 is 4.74 Å². The van der Waals surface area contributed by atoms with Crippen molar-refractivity contribution in [3.05, 3.63) is 50.6 Å². The lowest BCUT2D eigenvalue weighted by Gasteiger charge is -2.04. The minimum atomic E-state index is -0.828. The molecule has 20 heavy (non-hydrogen) atoms. The molecule has 5 nitrogen and oxygen atoms in total.